The summed E-state index contributed by atoms with van der Waals surface area (Å²) >= 11 is 0. The van der Waals surface area contributed by atoms with Gasteiger partial charge in [0.2, 0.25) is 0 Å². The summed E-state index contributed by atoms with van der Waals surface area (Å²) in [5.74, 6) is 0.194. The summed E-state index contributed by atoms with van der Waals surface area (Å²) < 4.78 is 0. The van der Waals surface area contributed by atoms with Crippen molar-refractivity contribution in [2.45, 2.75) is 46.5 Å². The van der Waals surface area contributed by atoms with Crippen LogP contribution in [0.2, 0.25) is 0 Å². The molecule has 0 atom stereocenters. The van der Waals surface area contributed by atoms with Gasteiger partial charge in [-0.1, -0.05) is 63.2 Å². The number of hydrogen-bond acceptors (Lipinski definition) is 1. The smallest absolute Gasteiger partial charge is 0.167 e. The van der Waals surface area contributed by atoms with E-state index < -0.39 is 0 Å². The topological polar surface area (TPSA) is 17.1 Å². The lowest BCUT2D eigenvalue weighted by atomic mass is 9.86. The number of benzene rings is 2. The van der Waals surface area contributed by atoms with Crippen molar-refractivity contribution in [2.75, 3.05) is 0 Å². The van der Waals surface area contributed by atoms with Crippen molar-refractivity contribution >= 4 is 5.78 Å². The zero-order valence-electron chi connectivity index (χ0n) is 13.7. The molecule has 1 nitrogen and oxygen atoms in total. The molecule has 110 valence electrons. The van der Waals surface area contributed by atoms with Gasteiger partial charge in [0.05, 0.1) is 0 Å². The van der Waals surface area contributed by atoms with Crippen LogP contribution < -0.4 is 0 Å². The Labute approximate surface area is 128 Å². The second kappa shape index (κ2) is 5.85. The van der Waals surface area contributed by atoms with E-state index in [1.54, 1.807) is 0 Å². The Morgan fingerprint density at radius 2 is 1.57 bits per heavy atom. The molecule has 0 fully saturated rings. The fourth-order valence-electron chi connectivity index (χ4n) is 2.46. The number of ketones is 1. The highest BCUT2D eigenvalue weighted by Crippen LogP contribution is 2.23. The highest BCUT2D eigenvalue weighted by atomic mass is 16.1. The molecule has 0 aliphatic rings. The summed E-state index contributed by atoms with van der Waals surface area (Å²) in [6, 6.07) is 14.3. The number of hydrogen-bond donors (Lipinski definition) is 0. The summed E-state index contributed by atoms with van der Waals surface area (Å²) in [4.78, 5) is 12.5. The second-order valence-electron chi connectivity index (χ2n) is 6.79. The SMILES string of the molecule is Cc1cccc(C(=O)Cc2ccc(C(C)(C)C)cc2)c1C. The first-order valence-electron chi connectivity index (χ1n) is 7.48. The molecule has 2 aromatic rings. The molecule has 0 amide bonds. The molecule has 0 saturated heterocycles. The molecule has 0 aliphatic carbocycles. The number of carbonyl (C=O) groups excluding carboxylic acids is 1. The van der Waals surface area contributed by atoms with Gasteiger partial charge in [0, 0.05) is 12.0 Å². The Kier molecular flexibility index (Phi) is 4.32. The van der Waals surface area contributed by atoms with E-state index >= 15 is 0 Å². The maximum absolute atomic E-state index is 12.5. The van der Waals surface area contributed by atoms with Crippen molar-refractivity contribution in [1.29, 1.82) is 0 Å². The van der Waals surface area contributed by atoms with Crippen LogP contribution in [0.25, 0.3) is 0 Å². The lowest BCUT2D eigenvalue weighted by Gasteiger charge is -2.19. The predicted octanol–water partition coefficient (Wildman–Crippen LogP) is 5.03. The van der Waals surface area contributed by atoms with Crippen LogP contribution in [0.4, 0.5) is 0 Å². The highest BCUT2D eigenvalue weighted by molar-refractivity contribution is 5.99. The molecule has 0 unspecified atom stereocenters. The normalized spacial score (nSPS) is 11.5. The van der Waals surface area contributed by atoms with Crippen molar-refractivity contribution in [3.8, 4) is 0 Å². The third-order valence-electron chi connectivity index (χ3n) is 4.09. The van der Waals surface area contributed by atoms with Crippen molar-refractivity contribution in [3.63, 3.8) is 0 Å². The van der Waals surface area contributed by atoms with Gasteiger partial charge in [0.25, 0.3) is 0 Å². The predicted molar refractivity (Wildman–Crippen MR) is 89.1 cm³/mol. The molecular weight excluding hydrogens is 256 g/mol. The van der Waals surface area contributed by atoms with Gasteiger partial charge < -0.3 is 0 Å². The Morgan fingerprint density at radius 1 is 0.952 bits per heavy atom. The number of carbonyl (C=O) groups is 1. The molecule has 2 aromatic carbocycles. The van der Waals surface area contributed by atoms with Gasteiger partial charge >= 0.3 is 0 Å². The summed E-state index contributed by atoms with van der Waals surface area (Å²) in [6.07, 6.45) is 0.467. The first-order valence-corrected chi connectivity index (χ1v) is 7.48. The summed E-state index contributed by atoms with van der Waals surface area (Å²) in [5, 5.41) is 0. The number of aryl methyl sites for hydroxylation is 1. The highest BCUT2D eigenvalue weighted by Gasteiger charge is 2.14. The van der Waals surface area contributed by atoms with Crippen molar-refractivity contribution in [3.05, 3.63) is 70.3 Å². The fourth-order valence-corrected chi connectivity index (χ4v) is 2.46. The van der Waals surface area contributed by atoms with Crippen LogP contribution in [-0.4, -0.2) is 5.78 Å². The zero-order chi connectivity index (χ0) is 15.6. The van der Waals surface area contributed by atoms with E-state index in [-0.39, 0.29) is 11.2 Å². The molecule has 21 heavy (non-hydrogen) atoms. The Balaban J connectivity index is 2.18. The largest absolute Gasteiger partial charge is 0.294 e. The van der Waals surface area contributed by atoms with E-state index in [0.29, 0.717) is 6.42 Å². The monoisotopic (exact) mass is 280 g/mol. The van der Waals surface area contributed by atoms with Gasteiger partial charge in [-0.2, -0.15) is 0 Å². The van der Waals surface area contributed by atoms with Crippen LogP contribution in [0.15, 0.2) is 42.5 Å². The van der Waals surface area contributed by atoms with Crippen molar-refractivity contribution in [1.82, 2.24) is 0 Å². The molecule has 0 radical (unpaired) electrons. The Bertz CT molecular complexity index is 643. The van der Waals surface area contributed by atoms with Gasteiger partial charge in [0.1, 0.15) is 0 Å². The minimum atomic E-state index is 0.148. The number of Topliss-reactive ketones (excluding diaryl/α,β-unsaturated/α-hetero) is 1. The average molecular weight is 280 g/mol. The van der Waals surface area contributed by atoms with Gasteiger partial charge in [-0.3, -0.25) is 4.79 Å². The molecule has 2 rings (SSSR count). The molecular formula is C20H24O. The standard InChI is InChI=1S/C20H24O/c1-14-7-6-8-18(15(14)2)19(21)13-16-9-11-17(12-10-16)20(3,4)5/h6-12H,13H2,1-5H3. The molecule has 1 heteroatoms. The molecule has 0 N–H and O–H groups in total. The molecule has 0 saturated carbocycles. The average Bonchev–Trinajstić information content (AvgIpc) is 2.41. The van der Waals surface area contributed by atoms with Crippen LogP contribution in [0.3, 0.4) is 0 Å². The first kappa shape index (κ1) is 15.5. The van der Waals surface area contributed by atoms with Gasteiger partial charge in [0.15, 0.2) is 5.78 Å². The van der Waals surface area contributed by atoms with Crippen LogP contribution in [-0.2, 0) is 11.8 Å². The second-order valence-corrected chi connectivity index (χ2v) is 6.79. The van der Waals surface area contributed by atoms with E-state index in [9.17, 15) is 4.79 Å². The van der Waals surface area contributed by atoms with Gasteiger partial charge in [-0.05, 0) is 41.5 Å². The quantitative estimate of drug-likeness (QED) is 0.721. The summed E-state index contributed by atoms with van der Waals surface area (Å²) in [7, 11) is 0. The van der Waals surface area contributed by atoms with E-state index in [1.165, 1.54) is 11.1 Å². The third kappa shape index (κ3) is 3.60. The summed E-state index contributed by atoms with van der Waals surface area (Å²) in [5.41, 5.74) is 5.63. The van der Waals surface area contributed by atoms with Crippen LogP contribution in [0, 0.1) is 13.8 Å². The lowest BCUT2D eigenvalue weighted by molar-refractivity contribution is 0.0992. The Hall–Kier alpha value is -1.89. The fraction of sp³-hybridized carbons (Fsp3) is 0.350. The van der Waals surface area contributed by atoms with Crippen LogP contribution in [0.1, 0.15) is 53.4 Å². The van der Waals surface area contributed by atoms with Gasteiger partial charge in [-0.15, -0.1) is 0 Å². The van der Waals surface area contributed by atoms with Gasteiger partial charge in [-0.25, -0.2) is 0 Å². The molecule has 0 spiro atoms. The maximum Gasteiger partial charge on any atom is 0.167 e. The van der Waals surface area contributed by atoms with E-state index in [4.69, 9.17) is 0 Å². The van der Waals surface area contributed by atoms with Crippen LogP contribution in [0.5, 0.6) is 0 Å². The molecule has 0 bridgehead atoms. The lowest BCUT2D eigenvalue weighted by Crippen LogP contribution is -2.11. The van der Waals surface area contributed by atoms with E-state index in [2.05, 4.69) is 45.0 Å². The first-order chi connectivity index (χ1) is 9.79. The number of rotatable bonds is 3. The third-order valence-corrected chi connectivity index (χ3v) is 4.09. The van der Waals surface area contributed by atoms with E-state index in [1.807, 2.05) is 32.0 Å². The Morgan fingerprint density at radius 3 is 2.14 bits per heavy atom. The maximum atomic E-state index is 12.5. The van der Waals surface area contributed by atoms with Crippen molar-refractivity contribution in [2.24, 2.45) is 0 Å². The minimum Gasteiger partial charge on any atom is -0.294 e. The summed E-state index contributed by atoms with van der Waals surface area (Å²) in [6.45, 7) is 10.7. The molecule has 0 aliphatic heterocycles. The van der Waals surface area contributed by atoms with Crippen LogP contribution >= 0.6 is 0 Å². The molecule has 0 heterocycles. The van der Waals surface area contributed by atoms with E-state index in [0.717, 1.165) is 16.7 Å². The minimum absolute atomic E-state index is 0.148. The zero-order valence-corrected chi connectivity index (χ0v) is 13.7. The molecule has 0 aromatic heterocycles. The van der Waals surface area contributed by atoms with Crippen molar-refractivity contribution < 1.29 is 4.79 Å².